The molecule has 0 aliphatic rings. The molecule has 3 heterocycles. The van der Waals surface area contributed by atoms with Gasteiger partial charge < -0.3 is 24.9 Å². The maximum absolute atomic E-state index is 11.9. The SMILES string of the molecule is CCCNc1c(C(N)=O)oc2ccc3nc(Oc4cc(Cl)nc(COC(C)C)n4)ccc3c12. The number of carbonyl (C=O) groups excluding carboxylic acids is 1. The third-order valence-electron chi connectivity index (χ3n) is 4.74. The first kappa shape index (κ1) is 22.8. The zero-order chi connectivity index (χ0) is 23.5. The fraction of sp³-hybridized carbons (Fsp3) is 0.304. The fourth-order valence-electron chi connectivity index (χ4n) is 3.34. The molecule has 0 spiro atoms. The lowest BCUT2D eigenvalue weighted by Gasteiger charge is -2.10. The Labute approximate surface area is 195 Å². The van der Waals surface area contributed by atoms with Crippen molar-refractivity contribution in [3.8, 4) is 11.8 Å². The first-order valence-electron chi connectivity index (χ1n) is 10.6. The van der Waals surface area contributed by atoms with Gasteiger partial charge in [0.15, 0.2) is 5.82 Å². The van der Waals surface area contributed by atoms with Crippen LogP contribution in [0.1, 0.15) is 43.6 Å². The molecule has 0 bridgehead atoms. The van der Waals surface area contributed by atoms with Gasteiger partial charge in [0.05, 0.1) is 22.7 Å². The van der Waals surface area contributed by atoms with Crippen molar-refractivity contribution in [1.82, 2.24) is 15.0 Å². The van der Waals surface area contributed by atoms with Gasteiger partial charge >= 0.3 is 0 Å². The molecule has 0 saturated heterocycles. The zero-order valence-electron chi connectivity index (χ0n) is 18.5. The van der Waals surface area contributed by atoms with Crippen LogP contribution in [0.3, 0.4) is 0 Å². The molecular formula is C23H24ClN5O4. The van der Waals surface area contributed by atoms with E-state index in [2.05, 4.69) is 20.3 Å². The maximum Gasteiger partial charge on any atom is 0.286 e. The molecule has 3 N–H and O–H groups in total. The van der Waals surface area contributed by atoms with E-state index in [0.717, 1.165) is 17.2 Å². The number of benzene rings is 1. The second kappa shape index (κ2) is 9.60. The third-order valence-corrected chi connectivity index (χ3v) is 4.94. The highest BCUT2D eigenvalue weighted by molar-refractivity contribution is 6.29. The highest BCUT2D eigenvalue weighted by Crippen LogP contribution is 2.37. The summed E-state index contributed by atoms with van der Waals surface area (Å²) in [6.45, 7) is 6.76. The second-order valence-electron chi connectivity index (χ2n) is 7.66. The molecule has 0 aliphatic heterocycles. The van der Waals surface area contributed by atoms with Crippen LogP contribution in [0.25, 0.3) is 21.9 Å². The van der Waals surface area contributed by atoms with E-state index in [0.29, 0.717) is 35.0 Å². The summed E-state index contributed by atoms with van der Waals surface area (Å²) in [5, 5.41) is 5.03. The summed E-state index contributed by atoms with van der Waals surface area (Å²) in [6.07, 6.45) is 0.906. The van der Waals surface area contributed by atoms with Gasteiger partial charge in [-0.2, -0.15) is 4.98 Å². The Bertz CT molecular complexity index is 1320. The summed E-state index contributed by atoms with van der Waals surface area (Å²) in [6, 6.07) is 8.61. The minimum Gasteiger partial charge on any atom is -0.449 e. The molecule has 0 atom stereocenters. The fourth-order valence-corrected chi connectivity index (χ4v) is 3.53. The molecule has 1 aromatic carbocycles. The van der Waals surface area contributed by atoms with Crippen LogP contribution in [0.5, 0.6) is 11.8 Å². The lowest BCUT2D eigenvalue weighted by Crippen LogP contribution is -2.13. The minimum absolute atomic E-state index is 0.0330. The molecule has 33 heavy (non-hydrogen) atoms. The highest BCUT2D eigenvalue weighted by atomic mass is 35.5. The molecule has 0 aliphatic carbocycles. The van der Waals surface area contributed by atoms with Crippen LogP contribution in [-0.4, -0.2) is 33.5 Å². The minimum atomic E-state index is -0.635. The molecule has 10 heteroatoms. The van der Waals surface area contributed by atoms with Gasteiger partial charge in [-0.05, 0) is 38.5 Å². The lowest BCUT2D eigenvalue weighted by molar-refractivity contribution is 0.0610. The van der Waals surface area contributed by atoms with Crippen LogP contribution >= 0.6 is 11.6 Å². The van der Waals surface area contributed by atoms with Crippen LogP contribution in [0, 0.1) is 0 Å². The first-order chi connectivity index (χ1) is 15.9. The number of anilines is 1. The van der Waals surface area contributed by atoms with Crippen LogP contribution in [0.15, 0.2) is 34.7 Å². The number of carbonyl (C=O) groups is 1. The van der Waals surface area contributed by atoms with E-state index in [1.165, 1.54) is 6.07 Å². The standard InChI is InChI=1S/C23H24ClN5O4/c1-4-9-26-21-20-13-5-8-18(27-14(13)6-7-15(20)32-22(21)23(25)30)33-19-10-16(24)28-17(29-19)11-31-12(2)3/h5-8,10,12,26H,4,9,11H2,1-3H3,(H2,25,30). The molecule has 0 fully saturated rings. The highest BCUT2D eigenvalue weighted by Gasteiger charge is 2.21. The zero-order valence-corrected chi connectivity index (χ0v) is 19.3. The van der Waals surface area contributed by atoms with Gasteiger partial charge in [-0.1, -0.05) is 18.5 Å². The number of rotatable bonds is 9. The molecule has 0 radical (unpaired) electrons. The van der Waals surface area contributed by atoms with Crippen molar-refractivity contribution in [3.05, 3.63) is 47.1 Å². The Morgan fingerprint density at radius 3 is 2.73 bits per heavy atom. The van der Waals surface area contributed by atoms with Gasteiger partial charge in [-0.25, -0.2) is 9.97 Å². The average molecular weight is 470 g/mol. The smallest absolute Gasteiger partial charge is 0.286 e. The van der Waals surface area contributed by atoms with Gasteiger partial charge in [0.25, 0.3) is 5.91 Å². The van der Waals surface area contributed by atoms with Gasteiger partial charge in [0.1, 0.15) is 17.3 Å². The summed E-state index contributed by atoms with van der Waals surface area (Å²) >= 11 is 6.12. The van der Waals surface area contributed by atoms with Crippen molar-refractivity contribution in [3.63, 3.8) is 0 Å². The third kappa shape index (κ3) is 4.99. The van der Waals surface area contributed by atoms with Crippen molar-refractivity contribution in [1.29, 1.82) is 0 Å². The maximum atomic E-state index is 11.9. The van der Waals surface area contributed by atoms with Crippen molar-refractivity contribution >= 4 is 45.1 Å². The van der Waals surface area contributed by atoms with Crippen molar-refractivity contribution in [2.45, 2.75) is 39.9 Å². The number of fused-ring (bicyclic) bond motifs is 3. The van der Waals surface area contributed by atoms with Crippen molar-refractivity contribution < 1.29 is 18.7 Å². The number of pyridine rings is 1. The largest absolute Gasteiger partial charge is 0.449 e. The van der Waals surface area contributed by atoms with Gasteiger partial charge in [0.2, 0.25) is 17.5 Å². The number of nitrogens with zero attached hydrogens (tertiary/aromatic N) is 3. The van der Waals surface area contributed by atoms with E-state index in [-0.39, 0.29) is 29.5 Å². The molecular weight excluding hydrogens is 446 g/mol. The molecule has 4 aromatic rings. The first-order valence-corrected chi connectivity index (χ1v) is 11.0. The summed E-state index contributed by atoms with van der Waals surface area (Å²) in [4.78, 5) is 25.0. The van der Waals surface area contributed by atoms with Crippen LogP contribution in [0.2, 0.25) is 5.15 Å². The Morgan fingerprint density at radius 2 is 2.00 bits per heavy atom. The topological polar surface area (TPSA) is 125 Å². The van der Waals surface area contributed by atoms with Gasteiger partial charge in [0, 0.05) is 24.1 Å². The number of nitrogens with one attached hydrogen (secondary N) is 1. The Balaban J connectivity index is 1.70. The monoisotopic (exact) mass is 469 g/mol. The van der Waals surface area contributed by atoms with Gasteiger partial charge in [-0.15, -0.1) is 0 Å². The molecule has 3 aromatic heterocycles. The normalized spacial score (nSPS) is 11.4. The summed E-state index contributed by atoms with van der Waals surface area (Å²) in [5.41, 5.74) is 7.29. The quantitative estimate of drug-likeness (QED) is 0.326. The number of primary amides is 1. The number of nitrogens with two attached hydrogens (primary N) is 1. The van der Waals surface area contributed by atoms with E-state index in [9.17, 15) is 4.79 Å². The number of ether oxygens (including phenoxy) is 2. The van der Waals surface area contributed by atoms with Crippen LogP contribution in [0.4, 0.5) is 5.69 Å². The summed E-state index contributed by atoms with van der Waals surface area (Å²) in [7, 11) is 0. The molecule has 1 amide bonds. The number of amides is 1. The number of furan rings is 1. The van der Waals surface area contributed by atoms with Crippen LogP contribution in [-0.2, 0) is 11.3 Å². The summed E-state index contributed by atoms with van der Waals surface area (Å²) < 4.78 is 17.1. The average Bonchev–Trinajstić information content (AvgIpc) is 3.15. The molecule has 0 saturated carbocycles. The van der Waals surface area contributed by atoms with E-state index in [1.807, 2.05) is 26.8 Å². The van der Waals surface area contributed by atoms with E-state index < -0.39 is 5.91 Å². The molecule has 172 valence electrons. The molecule has 4 rings (SSSR count). The number of halogens is 1. The van der Waals surface area contributed by atoms with Crippen molar-refractivity contribution in [2.24, 2.45) is 5.73 Å². The molecule has 9 nitrogen and oxygen atoms in total. The van der Waals surface area contributed by atoms with E-state index in [1.54, 1.807) is 18.2 Å². The lowest BCUT2D eigenvalue weighted by atomic mass is 10.1. The predicted molar refractivity (Wildman–Crippen MR) is 126 cm³/mol. The van der Waals surface area contributed by atoms with E-state index >= 15 is 0 Å². The molecule has 0 unspecified atom stereocenters. The second-order valence-corrected chi connectivity index (χ2v) is 8.05. The van der Waals surface area contributed by atoms with E-state index in [4.69, 9.17) is 31.2 Å². The Kier molecular flexibility index (Phi) is 6.62. The van der Waals surface area contributed by atoms with Crippen LogP contribution < -0.4 is 15.8 Å². The number of hydrogen-bond acceptors (Lipinski definition) is 8. The Morgan fingerprint density at radius 1 is 1.18 bits per heavy atom. The Hall–Kier alpha value is -3.43. The summed E-state index contributed by atoms with van der Waals surface area (Å²) in [5.74, 6) is 0.462. The van der Waals surface area contributed by atoms with Crippen molar-refractivity contribution in [2.75, 3.05) is 11.9 Å². The predicted octanol–water partition coefficient (Wildman–Crippen LogP) is 5.06. The number of aromatic nitrogens is 3. The number of hydrogen-bond donors (Lipinski definition) is 2. The van der Waals surface area contributed by atoms with Gasteiger partial charge in [-0.3, -0.25) is 4.79 Å².